The molecule has 0 aliphatic rings. The molecule has 6 nitrogen and oxygen atoms in total. The Kier molecular flexibility index (Phi) is 5.37. The lowest BCUT2D eigenvalue weighted by molar-refractivity contribution is -0.139. The summed E-state index contributed by atoms with van der Waals surface area (Å²) in [7, 11) is 3.83. The third kappa shape index (κ3) is 4.15. The van der Waals surface area contributed by atoms with Crippen LogP contribution in [-0.2, 0) is 9.59 Å². The Balaban J connectivity index is 2.96. The monoisotopic (exact) mass is 280 g/mol. The van der Waals surface area contributed by atoms with Crippen molar-refractivity contribution in [3.63, 3.8) is 0 Å². The van der Waals surface area contributed by atoms with Gasteiger partial charge in [0.2, 0.25) is 0 Å². The second kappa shape index (κ2) is 6.79. The van der Waals surface area contributed by atoms with Crippen molar-refractivity contribution in [3.8, 4) is 0 Å². The molecule has 0 bridgehead atoms. The molecule has 2 N–H and O–H groups in total. The van der Waals surface area contributed by atoms with Crippen molar-refractivity contribution in [2.45, 2.75) is 19.4 Å². The quantitative estimate of drug-likeness (QED) is 0.788. The Morgan fingerprint density at radius 2 is 1.60 bits per heavy atom. The number of hydrogen-bond donors (Lipinski definition) is 2. The van der Waals surface area contributed by atoms with Gasteiger partial charge in [-0.05, 0) is 31.2 Å². The zero-order valence-corrected chi connectivity index (χ0v) is 11.9. The highest BCUT2D eigenvalue weighted by Gasteiger charge is 2.21. The lowest BCUT2D eigenvalue weighted by Crippen LogP contribution is -2.40. The number of aliphatic carboxylic acids is 2. The number of hydrogen-bond acceptors (Lipinski definition) is 4. The van der Waals surface area contributed by atoms with Crippen molar-refractivity contribution in [2.24, 2.45) is 0 Å². The fraction of sp³-hybridized carbons (Fsp3) is 0.429. The molecule has 1 aromatic rings. The standard InChI is InChI=1S/C14H20N2O4/c1-10(14(19)20)16(9-8-13(17)18)12-6-4-11(5-7-12)15(2)3/h4-7,10H,8-9H2,1-3H3,(H,17,18)(H,19,20). The molecular weight excluding hydrogens is 260 g/mol. The Labute approximate surface area is 118 Å². The molecular formula is C14H20N2O4. The zero-order valence-electron chi connectivity index (χ0n) is 11.9. The highest BCUT2D eigenvalue weighted by molar-refractivity contribution is 5.78. The lowest BCUT2D eigenvalue weighted by Gasteiger charge is -2.28. The van der Waals surface area contributed by atoms with Crippen molar-refractivity contribution in [1.82, 2.24) is 0 Å². The van der Waals surface area contributed by atoms with E-state index in [1.165, 1.54) is 0 Å². The third-order valence-corrected chi connectivity index (χ3v) is 3.09. The van der Waals surface area contributed by atoms with E-state index >= 15 is 0 Å². The smallest absolute Gasteiger partial charge is 0.326 e. The third-order valence-electron chi connectivity index (χ3n) is 3.09. The second-order valence-electron chi connectivity index (χ2n) is 4.76. The summed E-state index contributed by atoms with van der Waals surface area (Å²) in [5.41, 5.74) is 1.70. The van der Waals surface area contributed by atoms with E-state index in [2.05, 4.69) is 0 Å². The van der Waals surface area contributed by atoms with Gasteiger partial charge < -0.3 is 20.0 Å². The van der Waals surface area contributed by atoms with Gasteiger partial charge in [-0.2, -0.15) is 0 Å². The molecule has 0 saturated carbocycles. The van der Waals surface area contributed by atoms with Crippen LogP contribution in [0.25, 0.3) is 0 Å². The molecule has 0 heterocycles. The molecule has 110 valence electrons. The average Bonchev–Trinajstić information content (AvgIpc) is 2.38. The summed E-state index contributed by atoms with van der Waals surface area (Å²) in [5.74, 6) is -1.93. The van der Waals surface area contributed by atoms with Gasteiger partial charge in [-0.3, -0.25) is 4.79 Å². The summed E-state index contributed by atoms with van der Waals surface area (Å²) in [4.78, 5) is 25.3. The van der Waals surface area contributed by atoms with E-state index in [1.54, 1.807) is 24.0 Å². The Hall–Kier alpha value is -2.24. The molecule has 1 unspecified atom stereocenters. The van der Waals surface area contributed by atoms with Crippen molar-refractivity contribution in [1.29, 1.82) is 0 Å². The minimum absolute atomic E-state index is 0.104. The number of carbonyl (C=O) groups is 2. The number of nitrogens with zero attached hydrogens (tertiary/aromatic N) is 2. The Morgan fingerprint density at radius 3 is 2.00 bits per heavy atom. The fourth-order valence-corrected chi connectivity index (χ4v) is 1.84. The van der Waals surface area contributed by atoms with E-state index in [-0.39, 0.29) is 13.0 Å². The van der Waals surface area contributed by atoms with Gasteiger partial charge in [0, 0.05) is 32.0 Å². The molecule has 0 spiro atoms. The first-order valence-corrected chi connectivity index (χ1v) is 6.31. The first kappa shape index (κ1) is 15.8. The molecule has 6 heteroatoms. The summed E-state index contributed by atoms with van der Waals surface area (Å²) in [6, 6.07) is 6.57. The van der Waals surface area contributed by atoms with Crippen LogP contribution in [0.15, 0.2) is 24.3 Å². The van der Waals surface area contributed by atoms with Gasteiger partial charge >= 0.3 is 11.9 Å². The fourth-order valence-electron chi connectivity index (χ4n) is 1.84. The van der Waals surface area contributed by atoms with Crippen LogP contribution in [0.4, 0.5) is 11.4 Å². The van der Waals surface area contributed by atoms with E-state index in [0.717, 1.165) is 5.69 Å². The van der Waals surface area contributed by atoms with Crippen molar-refractivity contribution in [3.05, 3.63) is 24.3 Å². The van der Waals surface area contributed by atoms with Gasteiger partial charge in [0.1, 0.15) is 6.04 Å². The summed E-state index contributed by atoms with van der Waals surface area (Å²) in [5, 5.41) is 17.9. The van der Waals surface area contributed by atoms with Crippen LogP contribution in [0.3, 0.4) is 0 Å². The molecule has 20 heavy (non-hydrogen) atoms. The topological polar surface area (TPSA) is 81.1 Å². The second-order valence-corrected chi connectivity index (χ2v) is 4.76. The molecule has 1 atom stereocenters. The van der Waals surface area contributed by atoms with Gasteiger partial charge in [-0.25, -0.2) is 4.79 Å². The number of anilines is 2. The van der Waals surface area contributed by atoms with E-state index < -0.39 is 18.0 Å². The van der Waals surface area contributed by atoms with E-state index in [4.69, 9.17) is 10.2 Å². The molecule has 0 aliphatic carbocycles. The maximum atomic E-state index is 11.1. The predicted octanol–water partition coefficient (Wildman–Crippen LogP) is 1.51. The molecule has 0 aromatic heterocycles. The van der Waals surface area contributed by atoms with Gasteiger partial charge in [0.25, 0.3) is 0 Å². The number of benzene rings is 1. The van der Waals surface area contributed by atoms with E-state index in [1.807, 2.05) is 31.1 Å². The highest BCUT2D eigenvalue weighted by Crippen LogP contribution is 2.21. The minimum atomic E-state index is -0.980. The summed E-state index contributed by atoms with van der Waals surface area (Å²) >= 11 is 0. The van der Waals surface area contributed by atoms with Gasteiger partial charge in [0.05, 0.1) is 6.42 Å². The van der Waals surface area contributed by atoms with Crippen LogP contribution in [-0.4, -0.2) is 48.8 Å². The first-order chi connectivity index (χ1) is 9.32. The average molecular weight is 280 g/mol. The first-order valence-electron chi connectivity index (χ1n) is 6.31. The number of carboxylic acids is 2. The van der Waals surface area contributed by atoms with Crippen LogP contribution in [0.5, 0.6) is 0 Å². The minimum Gasteiger partial charge on any atom is -0.481 e. The van der Waals surface area contributed by atoms with Gasteiger partial charge in [-0.1, -0.05) is 0 Å². The Bertz CT molecular complexity index is 471. The predicted molar refractivity (Wildman–Crippen MR) is 77.5 cm³/mol. The molecule has 0 fully saturated rings. The van der Waals surface area contributed by atoms with E-state index in [0.29, 0.717) is 5.69 Å². The van der Waals surface area contributed by atoms with Crippen LogP contribution in [0.2, 0.25) is 0 Å². The molecule has 1 rings (SSSR count). The largest absolute Gasteiger partial charge is 0.481 e. The van der Waals surface area contributed by atoms with Gasteiger partial charge in [0.15, 0.2) is 0 Å². The van der Waals surface area contributed by atoms with Gasteiger partial charge in [-0.15, -0.1) is 0 Å². The molecule has 1 aromatic carbocycles. The highest BCUT2D eigenvalue weighted by atomic mass is 16.4. The molecule has 0 saturated heterocycles. The van der Waals surface area contributed by atoms with Crippen LogP contribution in [0, 0.1) is 0 Å². The molecule has 0 aliphatic heterocycles. The molecule has 0 radical (unpaired) electrons. The van der Waals surface area contributed by atoms with Crippen molar-refractivity contribution >= 4 is 23.3 Å². The Morgan fingerprint density at radius 1 is 1.10 bits per heavy atom. The van der Waals surface area contributed by atoms with Crippen LogP contribution < -0.4 is 9.80 Å². The van der Waals surface area contributed by atoms with Crippen LogP contribution >= 0.6 is 0 Å². The number of rotatable bonds is 7. The number of carboxylic acid groups (broad SMARTS) is 2. The summed E-state index contributed by atoms with van der Waals surface area (Å²) in [6.45, 7) is 1.70. The van der Waals surface area contributed by atoms with E-state index in [9.17, 15) is 9.59 Å². The lowest BCUT2D eigenvalue weighted by atomic mass is 10.2. The normalized spacial score (nSPS) is 11.8. The maximum Gasteiger partial charge on any atom is 0.326 e. The van der Waals surface area contributed by atoms with Crippen LogP contribution in [0.1, 0.15) is 13.3 Å². The SMILES string of the molecule is CC(C(=O)O)N(CCC(=O)O)c1ccc(N(C)C)cc1. The maximum absolute atomic E-state index is 11.1. The van der Waals surface area contributed by atoms with Crippen molar-refractivity contribution < 1.29 is 19.8 Å². The molecule has 0 amide bonds. The zero-order chi connectivity index (χ0) is 15.3. The summed E-state index contributed by atoms with van der Waals surface area (Å²) in [6.07, 6.45) is -0.104. The summed E-state index contributed by atoms with van der Waals surface area (Å²) < 4.78 is 0. The van der Waals surface area contributed by atoms with Crippen molar-refractivity contribution in [2.75, 3.05) is 30.4 Å².